The van der Waals surface area contributed by atoms with Gasteiger partial charge in [-0.05, 0) is 29.8 Å². The molecule has 4 rings (SSSR count). The number of nitrogens with zero attached hydrogens (tertiary/aromatic N) is 3. The lowest BCUT2D eigenvalue weighted by Crippen LogP contribution is -2.23. The van der Waals surface area contributed by atoms with Crippen molar-refractivity contribution in [1.82, 2.24) is 19.3 Å². The fourth-order valence-corrected chi connectivity index (χ4v) is 4.71. The Morgan fingerprint density at radius 3 is 2.48 bits per heavy atom. The molecule has 2 heterocycles. The van der Waals surface area contributed by atoms with Crippen LogP contribution in [0.4, 0.5) is 5.13 Å². The quantitative estimate of drug-likeness (QED) is 0.446. The highest BCUT2D eigenvalue weighted by Crippen LogP contribution is 2.25. The molecule has 2 N–H and O–H groups in total. The van der Waals surface area contributed by atoms with Crippen LogP contribution in [0.25, 0.3) is 16.2 Å². The van der Waals surface area contributed by atoms with E-state index in [0.717, 1.165) is 26.9 Å². The minimum Gasteiger partial charge on any atom is -0.356 e. The Labute approximate surface area is 177 Å². The van der Waals surface area contributed by atoms with Gasteiger partial charge in [0.1, 0.15) is 0 Å². The standard InChI is InChI=1S/C19H18ClN5O2S2/c1-2-22-29(26,27)16-9-3-13(4-10-16)11-21-18-24-25-12-17(23-19(25)28-18)14-5-7-15(20)8-6-14/h3-10,12,22H,2,11H2,1H3,(H,21,24). The lowest BCUT2D eigenvalue weighted by Gasteiger charge is -2.06. The van der Waals surface area contributed by atoms with Crippen molar-refractivity contribution in [2.45, 2.75) is 18.4 Å². The van der Waals surface area contributed by atoms with Gasteiger partial charge in [-0.25, -0.2) is 22.6 Å². The van der Waals surface area contributed by atoms with Gasteiger partial charge in [-0.2, -0.15) is 0 Å². The summed E-state index contributed by atoms with van der Waals surface area (Å²) in [5.74, 6) is 0. The molecule has 150 valence electrons. The van der Waals surface area contributed by atoms with Crippen LogP contribution in [0.2, 0.25) is 5.02 Å². The second-order valence-electron chi connectivity index (χ2n) is 6.27. The number of aromatic nitrogens is 3. The Kier molecular flexibility index (Phi) is 5.55. The molecule has 0 saturated heterocycles. The van der Waals surface area contributed by atoms with Gasteiger partial charge in [-0.15, -0.1) is 5.10 Å². The normalized spacial score (nSPS) is 11.8. The lowest BCUT2D eigenvalue weighted by atomic mass is 10.2. The zero-order chi connectivity index (χ0) is 20.4. The van der Waals surface area contributed by atoms with Crippen LogP contribution in [0.3, 0.4) is 0 Å². The first-order valence-corrected chi connectivity index (χ1v) is 11.6. The van der Waals surface area contributed by atoms with Crippen LogP contribution in [0.5, 0.6) is 0 Å². The van der Waals surface area contributed by atoms with Crippen LogP contribution in [0.1, 0.15) is 12.5 Å². The molecule has 0 saturated carbocycles. The van der Waals surface area contributed by atoms with Gasteiger partial charge in [0.15, 0.2) is 0 Å². The minimum atomic E-state index is -3.43. The smallest absolute Gasteiger partial charge is 0.240 e. The van der Waals surface area contributed by atoms with E-state index in [0.29, 0.717) is 18.1 Å². The van der Waals surface area contributed by atoms with Gasteiger partial charge in [0.25, 0.3) is 0 Å². The molecule has 0 fully saturated rings. The number of hydrogen-bond acceptors (Lipinski definition) is 6. The van der Waals surface area contributed by atoms with Gasteiger partial charge < -0.3 is 5.32 Å². The monoisotopic (exact) mass is 447 g/mol. The Bertz CT molecular complexity index is 1200. The maximum Gasteiger partial charge on any atom is 0.240 e. The number of nitrogens with one attached hydrogen (secondary N) is 2. The first-order chi connectivity index (χ1) is 13.9. The molecule has 10 heteroatoms. The number of anilines is 1. The van der Waals surface area contributed by atoms with Crippen molar-refractivity contribution in [3.05, 3.63) is 65.3 Å². The number of fused-ring (bicyclic) bond motifs is 1. The van der Waals surface area contributed by atoms with Crippen molar-refractivity contribution >= 4 is 43.1 Å². The lowest BCUT2D eigenvalue weighted by molar-refractivity contribution is 0.584. The minimum absolute atomic E-state index is 0.255. The second-order valence-corrected chi connectivity index (χ2v) is 9.43. The molecule has 4 aromatic rings. The second kappa shape index (κ2) is 8.11. The van der Waals surface area contributed by atoms with Crippen molar-refractivity contribution in [1.29, 1.82) is 0 Å². The first kappa shape index (κ1) is 19.8. The molecule has 2 aromatic heterocycles. The van der Waals surface area contributed by atoms with E-state index in [2.05, 4.69) is 20.1 Å². The SMILES string of the molecule is CCNS(=O)(=O)c1ccc(CNc2nn3cc(-c4ccc(Cl)cc4)nc3s2)cc1. The van der Waals surface area contributed by atoms with E-state index in [1.807, 2.05) is 30.5 Å². The van der Waals surface area contributed by atoms with Crippen LogP contribution in [-0.2, 0) is 16.6 Å². The van der Waals surface area contributed by atoms with E-state index in [4.69, 9.17) is 11.6 Å². The zero-order valence-corrected chi connectivity index (χ0v) is 17.9. The molecule has 0 radical (unpaired) electrons. The van der Waals surface area contributed by atoms with Crippen LogP contribution >= 0.6 is 22.9 Å². The van der Waals surface area contributed by atoms with Gasteiger partial charge in [-0.3, -0.25) is 0 Å². The van der Waals surface area contributed by atoms with E-state index in [9.17, 15) is 8.42 Å². The fourth-order valence-electron chi connectivity index (χ4n) is 2.77. The van der Waals surface area contributed by atoms with Crippen LogP contribution in [-0.4, -0.2) is 29.6 Å². The van der Waals surface area contributed by atoms with E-state index in [1.54, 1.807) is 35.7 Å². The van der Waals surface area contributed by atoms with Crippen molar-refractivity contribution in [2.24, 2.45) is 0 Å². The van der Waals surface area contributed by atoms with E-state index >= 15 is 0 Å². The summed E-state index contributed by atoms with van der Waals surface area (Å²) in [6.45, 7) is 2.64. The highest BCUT2D eigenvalue weighted by Gasteiger charge is 2.12. The number of imidazole rings is 1. The summed E-state index contributed by atoms with van der Waals surface area (Å²) in [6, 6.07) is 14.3. The van der Waals surface area contributed by atoms with Gasteiger partial charge in [-0.1, -0.05) is 54.1 Å². The Morgan fingerprint density at radius 1 is 1.10 bits per heavy atom. The van der Waals surface area contributed by atoms with Crippen LogP contribution < -0.4 is 10.0 Å². The average molecular weight is 448 g/mol. The molecule has 0 amide bonds. The summed E-state index contributed by atoms with van der Waals surface area (Å²) in [5.41, 5.74) is 2.77. The zero-order valence-electron chi connectivity index (χ0n) is 15.5. The molecule has 0 aliphatic carbocycles. The van der Waals surface area contributed by atoms with Gasteiger partial charge >= 0.3 is 0 Å². The molecule has 0 aliphatic rings. The Balaban J connectivity index is 1.43. The van der Waals surface area contributed by atoms with E-state index in [-0.39, 0.29) is 4.90 Å². The molecule has 0 unspecified atom stereocenters. The molecular formula is C19H18ClN5O2S2. The fraction of sp³-hybridized carbons (Fsp3) is 0.158. The molecule has 0 spiro atoms. The van der Waals surface area contributed by atoms with Crippen molar-refractivity contribution in [2.75, 3.05) is 11.9 Å². The predicted molar refractivity (Wildman–Crippen MR) is 116 cm³/mol. The summed E-state index contributed by atoms with van der Waals surface area (Å²) < 4.78 is 28.2. The van der Waals surface area contributed by atoms with Gasteiger partial charge in [0, 0.05) is 23.7 Å². The number of rotatable bonds is 7. The summed E-state index contributed by atoms with van der Waals surface area (Å²) in [6.07, 6.45) is 1.88. The van der Waals surface area contributed by atoms with Crippen molar-refractivity contribution in [3.8, 4) is 11.3 Å². The molecule has 0 atom stereocenters. The Morgan fingerprint density at radius 2 is 1.83 bits per heavy atom. The summed E-state index contributed by atoms with van der Waals surface area (Å²) in [7, 11) is -3.43. The average Bonchev–Trinajstić information content (AvgIpc) is 3.26. The van der Waals surface area contributed by atoms with Crippen molar-refractivity contribution < 1.29 is 8.42 Å². The highest BCUT2D eigenvalue weighted by atomic mass is 35.5. The molecule has 29 heavy (non-hydrogen) atoms. The molecular weight excluding hydrogens is 430 g/mol. The highest BCUT2D eigenvalue weighted by molar-refractivity contribution is 7.89. The predicted octanol–water partition coefficient (Wildman–Crippen LogP) is 4.02. The number of benzene rings is 2. The third-order valence-corrected chi connectivity index (χ3v) is 6.89. The summed E-state index contributed by atoms with van der Waals surface area (Å²) in [4.78, 5) is 5.64. The number of halogens is 1. The summed E-state index contributed by atoms with van der Waals surface area (Å²) >= 11 is 7.38. The molecule has 0 bridgehead atoms. The van der Waals surface area contributed by atoms with Crippen LogP contribution in [0, 0.1) is 0 Å². The van der Waals surface area contributed by atoms with Gasteiger partial charge in [0.05, 0.1) is 16.8 Å². The third kappa shape index (κ3) is 4.43. The maximum atomic E-state index is 12.0. The number of sulfonamides is 1. The molecule has 7 nitrogen and oxygen atoms in total. The third-order valence-electron chi connectivity index (χ3n) is 4.19. The van der Waals surface area contributed by atoms with Crippen molar-refractivity contribution in [3.63, 3.8) is 0 Å². The maximum absolute atomic E-state index is 12.0. The number of hydrogen-bond donors (Lipinski definition) is 2. The topological polar surface area (TPSA) is 88.4 Å². The van der Waals surface area contributed by atoms with E-state index in [1.165, 1.54) is 11.3 Å². The first-order valence-electron chi connectivity index (χ1n) is 8.89. The summed E-state index contributed by atoms with van der Waals surface area (Å²) in [5, 5.41) is 9.18. The molecule has 2 aromatic carbocycles. The van der Waals surface area contributed by atoms with Crippen LogP contribution in [0.15, 0.2) is 59.6 Å². The molecule has 0 aliphatic heterocycles. The van der Waals surface area contributed by atoms with Gasteiger partial charge in [0.2, 0.25) is 20.1 Å². The largest absolute Gasteiger partial charge is 0.356 e. The van der Waals surface area contributed by atoms with E-state index < -0.39 is 10.0 Å². The Hall–Kier alpha value is -2.46.